The molecule has 2 heterocycles. The van der Waals surface area contributed by atoms with Gasteiger partial charge in [-0.25, -0.2) is 4.79 Å². The van der Waals surface area contributed by atoms with Crippen molar-refractivity contribution in [2.24, 2.45) is 10.5 Å². The van der Waals surface area contributed by atoms with Gasteiger partial charge in [0.1, 0.15) is 11.0 Å². The lowest BCUT2D eigenvalue weighted by atomic mass is 9.63. The maximum Gasteiger partial charge on any atom is 0.331 e. The first-order chi connectivity index (χ1) is 18.6. The van der Waals surface area contributed by atoms with Gasteiger partial charge in [0.15, 0.2) is 17.6 Å². The molecule has 6 rings (SSSR count). The van der Waals surface area contributed by atoms with Gasteiger partial charge in [0.25, 0.3) is 5.69 Å². The molecule has 0 saturated carbocycles. The first-order valence-electron chi connectivity index (χ1n) is 12.6. The van der Waals surface area contributed by atoms with Crippen LogP contribution in [0.3, 0.4) is 0 Å². The van der Waals surface area contributed by atoms with Crippen LogP contribution in [0.1, 0.15) is 70.1 Å². The molecule has 0 amide bonds. The van der Waals surface area contributed by atoms with Gasteiger partial charge < -0.3 is 4.74 Å². The Kier molecular flexibility index (Phi) is 5.33. The number of rotatable bonds is 3. The zero-order chi connectivity index (χ0) is 27.7. The highest BCUT2D eigenvalue weighted by Gasteiger charge is 2.73. The molecular weight excluding hydrogens is 498 g/mol. The van der Waals surface area contributed by atoms with Crippen LogP contribution in [-0.4, -0.2) is 45.3 Å². The molecule has 196 valence electrons. The average Bonchev–Trinajstić information content (AvgIpc) is 3.34. The summed E-state index contributed by atoms with van der Waals surface area (Å²) >= 11 is 0. The van der Waals surface area contributed by atoms with Crippen LogP contribution in [-0.2, 0) is 9.53 Å². The molecule has 1 aliphatic carbocycles. The summed E-state index contributed by atoms with van der Waals surface area (Å²) in [4.78, 5) is 53.9. The summed E-state index contributed by atoms with van der Waals surface area (Å²) in [7, 11) is 0. The van der Waals surface area contributed by atoms with Crippen LogP contribution < -0.4 is 0 Å². The van der Waals surface area contributed by atoms with E-state index < -0.39 is 51.5 Å². The van der Waals surface area contributed by atoms with E-state index in [1.54, 1.807) is 51.3 Å². The van der Waals surface area contributed by atoms with Gasteiger partial charge in [0.05, 0.1) is 17.2 Å². The number of hydrogen-bond donors (Lipinski definition) is 0. The topological polar surface area (TPSA) is 119 Å². The van der Waals surface area contributed by atoms with E-state index in [4.69, 9.17) is 4.74 Å². The molecule has 0 unspecified atom stereocenters. The van der Waals surface area contributed by atoms with Crippen LogP contribution in [0.4, 0.5) is 5.69 Å². The quantitative estimate of drug-likeness (QED) is 0.208. The van der Waals surface area contributed by atoms with Crippen molar-refractivity contribution in [1.82, 2.24) is 5.01 Å². The van der Waals surface area contributed by atoms with Crippen molar-refractivity contribution in [2.45, 2.75) is 44.4 Å². The molecule has 39 heavy (non-hydrogen) atoms. The van der Waals surface area contributed by atoms with Crippen LogP contribution in [0.25, 0.3) is 0 Å². The monoisotopic (exact) mass is 523 g/mol. The summed E-state index contributed by atoms with van der Waals surface area (Å²) in [6.07, 6.45) is 1.62. The van der Waals surface area contributed by atoms with Gasteiger partial charge in [-0.1, -0.05) is 60.7 Å². The third-order valence-electron chi connectivity index (χ3n) is 7.69. The van der Waals surface area contributed by atoms with Gasteiger partial charge in [-0.2, -0.15) is 5.10 Å². The van der Waals surface area contributed by atoms with E-state index in [9.17, 15) is 24.5 Å². The Morgan fingerprint density at radius 2 is 1.54 bits per heavy atom. The largest absolute Gasteiger partial charge is 0.458 e. The fraction of sp³-hybridized carbons (Fsp3) is 0.267. The van der Waals surface area contributed by atoms with Crippen molar-refractivity contribution in [2.75, 3.05) is 0 Å². The number of fused-ring (bicyclic) bond motifs is 5. The van der Waals surface area contributed by atoms with Gasteiger partial charge in [0.2, 0.25) is 0 Å². The Balaban J connectivity index is 1.66. The SMILES string of the molecule is CC(C)(C)OC(=O)[C@H]1[C@H](c2ccc([N+](=O)[O-])cc2)C2(C(=O)c3ccccc3C2=O)[C@@H]2c3ccccc3C=NN21. The second-order valence-electron chi connectivity index (χ2n) is 11.0. The molecule has 0 N–H and O–H groups in total. The van der Waals surface area contributed by atoms with Crippen molar-refractivity contribution >= 4 is 29.4 Å². The zero-order valence-electron chi connectivity index (χ0n) is 21.5. The van der Waals surface area contributed by atoms with Crippen molar-refractivity contribution < 1.29 is 24.0 Å². The Morgan fingerprint density at radius 3 is 2.13 bits per heavy atom. The normalized spacial score (nSPS) is 22.4. The summed E-state index contributed by atoms with van der Waals surface area (Å²) in [5.41, 5.74) is -0.317. The van der Waals surface area contributed by atoms with Crippen LogP contribution in [0.5, 0.6) is 0 Å². The number of ether oxygens (including phenoxy) is 1. The van der Waals surface area contributed by atoms with Gasteiger partial charge in [-0.15, -0.1) is 0 Å². The van der Waals surface area contributed by atoms with E-state index >= 15 is 0 Å². The number of nitro benzene ring substituents is 1. The maximum atomic E-state index is 14.5. The lowest BCUT2D eigenvalue weighted by Crippen LogP contribution is -2.44. The molecule has 3 aromatic rings. The number of Topliss-reactive ketones (excluding diaryl/α,β-unsaturated/α-hetero) is 2. The number of hydrogen-bond acceptors (Lipinski definition) is 8. The third kappa shape index (κ3) is 3.46. The van der Waals surface area contributed by atoms with E-state index in [1.165, 1.54) is 29.3 Å². The fourth-order valence-electron chi connectivity index (χ4n) is 6.29. The molecule has 1 saturated heterocycles. The van der Waals surface area contributed by atoms with E-state index in [-0.39, 0.29) is 16.8 Å². The molecule has 9 heteroatoms. The van der Waals surface area contributed by atoms with E-state index in [2.05, 4.69) is 5.10 Å². The highest BCUT2D eigenvalue weighted by molar-refractivity contribution is 6.31. The van der Waals surface area contributed by atoms with Crippen molar-refractivity contribution in [3.8, 4) is 0 Å². The van der Waals surface area contributed by atoms with Gasteiger partial charge >= 0.3 is 5.97 Å². The molecule has 0 bridgehead atoms. The van der Waals surface area contributed by atoms with E-state index in [1.807, 2.05) is 24.3 Å². The number of ketones is 2. The Hall–Kier alpha value is -4.66. The fourth-order valence-corrected chi connectivity index (χ4v) is 6.29. The second-order valence-corrected chi connectivity index (χ2v) is 11.0. The highest BCUT2D eigenvalue weighted by atomic mass is 16.6. The molecule has 3 aromatic carbocycles. The molecule has 1 spiro atoms. The molecule has 0 radical (unpaired) electrons. The number of hydrazone groups is 1. The van der Waals surface area contributed by atoms with Gasteiger partial charge in [-0.3, -0.25) is 24.7 Å². The number of benzene rings is 3. The lowest BCUT2D eigenvalue weighted by molar-refractivity contribution is -0.384. The van der Waals surface area contributed by atoms with Crippen molar-refractivity contribution in [3.05, 3.63) is 111 Å². The van der Waals surface area contributed by atoms with Crippen molar-refractivity contribution in [1.29, 1.82) is 0 Å². The van der Waals surface area contributed by atoms with Gasteiger partial charge in [0, 0.05) is 29.2 Å². The van der Waals surface area contributed by atoms with E-state index in [0.717, 1.165) is 5.56 Å². The average molecular weight is 524 g/mol. The molecule has 3 aliphatic rings. The number of nitro groups is 1. The summed E-state index contributed by atoms with van der Waals surface area (Å²) in [5, 5.41) is 17.6. The molecule has 0 aromatic heterocycles. The number of esters is 1. The summed E-state index contributed by atoms with van der Waals surface area (Å²) in [6, 6.07) is 17.6. The summed E-state index contributed by atoms with van der Waals surface area (Å²) < 4.78 is 5.84. The second kappa shape index (κ2) is 8.42. The van der Waals surface area contributed by atoms with Crippen LogP contribution in [0.2, 0.25) is 0 Å². The number of non-ortho nitro benzene ring substituents is 1. The Morgan fingerprint density at radius 1 is 0.949 bits per heavy atom. The third-order valence-corrected chi connectivity index (χ3v) is 7.69. The van der Waals surface area contributed by atoms with Crippen LogP contribution >= 0.6 is 0 Å². The minimum atomic E-state index is -1.75. The Bertz CT molecular complexity index is 1550. The van der Waals surface area contributed by atoms with E-state index in [0.29, 0.717) is 11.1 Å². The number of nitrogens with zero attached hydrogens (tertiary/aromatic N) is 3. The summed E-state index contributed by atoms with van der Waals surface area (Å²) in [6.45, 7) is 5.22. The zero-order valence-corrected chi connectivity index (χ0v) is 21.5. The van der Waals surface area contributed by atoms with Crippen LogP contribution in [0, 0.1) is 15.5 Å². The molecular formula is C30H25N3O6. The molecule has 1 fully saturated rings. The smallest absolute Gasteiger partial charge is 0.331 e. The molecule has 9 nitrogen and oxygen atoms in total. The number of carbonyl (C=O) groups excluding carboxylic acids is 3. The first-order valence-corrected chi connectivity index (χ1v) is 12.6. The first kappa shape index (κ1) is 24.7. The lowest BCUT2D eigenvalue weighted by Gasteiger charge is -2.36. The maximum absolute atomic E-state index is 14.5. The van der Waals surface area contributed by atoms with Gasteiger partial charge in [-0.05, 0) is 37.5 Å². The highest BCUT2D eigenvalue weighted by Crippen LogP contribution is 2.64. The minimum Gasteiger partial charge on any atom is -0.458 e. The molecule has 2 aliphatic heterocycles. The standard InChI is InChI=1S/C30H25N3O6/c1-29(2,3)39-28(36)24-23(17-12-14-19(15-13-17)33(37)38)30(26(34)21-10-6-7-11-22(21)27(30)35)25-20-9-5-4-8-18(20)16-31-32(24)25/h4-16,23-25H,1-3H3/t23-,24+,25-/m0/s1. The number of carbonyl (C=O) groups is 3. The molecule has 3 atom stereocenters. The Labute approximate surface area is 224 Å². The predicted octanol–water partition coefficient (Wildman–Crippen LogP) is 4.86. The minimum absolute atomic E-state index is 0.145. The predicted molar refractivity (Wildman–Crippen MR) is 142 cm³/mol. The van der Waals surface area contributed by atoms with Crippen molar-refractivity contribution in [3.63, 3.8) is 0 Å². The summed E-state index contributed by atoms with van der Waals surface area (Å²) in [5.74, 6) is -2.48. The van der Waals surface area contributed by atoms with Crippen LogP contribution in [0.15, 0.2) is 77.9 Å².